The van der Waals surface area contributed by atoms with E-state index in [0.29, 0.717) is 12.3 Å². The van der Waals surface area contributed by atoms with Crippen LogP contribution in [-0.2, 0) is 19.4 Å². The second-order valence-corrected chi connectivity index (χ2v) is 11.7. The zero-order valence-electron chi connectivity index (χ0n) is 18.8. The molecule has 1 aromatic rings. The lowest BCUT2D eigenvalue weighted by atomic mass is 9.95. The fraction of sp³-hybridized carbons (Fsp3) is 0.667. The lowest BCUT2D eigenvalue weighted by Crippen LogP contribution is -2.49. The van der Waals surface area contributed by atoms with Crippen molar-refractivity contribution in [3.05, 3.63) is 30.3 Å². The number of nitrogens with zero attached hydrogens (tertiary/aromatic N) is 3. The molecule has 32 heavy (non-hydrogen) atoms. The number of rotatable bonds is 5. The summed E-state index contributed by atoms with van der Waals surface area (Å²) in [7, 11) is -3.09. The van der Waals surface area contributed by atoms with E-state index in [2.05, 4.69) is 9.80 Å². The minimum atomic E-state index is -3.09. The van der Waals surface area contributed by atoms with Gasteiger partial charge in [0, 0.05) is 24.7 Å². The first-order chi connectivity index (χ1) is 15.4. The fourth-order valence-electron chi connectivity index (χ4n) is 5.28. The third-order valence-corrected chi connectivity index (χ3v) is 8.84. The zero-order valence-corrected chi connectivity index (χ0v) is 19.6. The minimum absolute atomic E-state index is 0.0278. The van der Waals surface area contributed by atoms with Crippen molar-refractivity contribution in [1.82, 2.24) is 9.80 Å². The van der Waals surface area contributed by atoms with Crippen LogP contribution in [0.2, 0.25) is 0 Å². The van der Waals surface area contributed by atoms with Gasteiger partial charge in [0.15, 0.2) is 9.84 Å². The van der Waals surface area contributed by atoms with Crippen LogP contribution >= 0.6 is 0 Å². The third-order valence-electron chi connectivity index (χ3n) is 7.09. The number of hydrogen-bond donors (Lipinski definition) is 0. The number of sulfone groups is 1. The number of anilines is 1. The van der Waals surface area contributed by atoms with Gasteiger partial charge in [0.1, 0.15) is 0 Å². The van der Waals surface area contributed by atoms with E-state index in [1.165, 1.54) is 12.8 Å². The first-order valence-electron chi connectivity index (χ1n) is 12.0. The highest BCUT2D eigenvalue weighted by atomic mass is 32.2. The van der Waals surface area contributed by atoms with E-state index < -0.39 is 9.84 Å². The van der Waals surface area contributed by atoms with Crippen LogP contribution in [0.5, 0.6) is 0 Å². The van der Waals surface area contributed by atoms with Crippen molar-refractivity contribution in [2.45, 2.75) is 51.0 Å². The Morgan fingerprint density at radius 3 is 2.16 bits per heavy atom. The molecule has 1 unspecified atom stereocenters. The molecule has 1 atom stereocenters. The Hall–Kier alpha value is -1.93. The van der Waals surface area contributed by atoms with Crippen LogP contribution in [0.15, 0.2) is 30.3 Å². The Bertz CT molecular complexity index is 889. The van der Waals surface area contributed by atoms with Gasteiger partial charge in [-0.3, -0.25) is 14.5 Å². The van der Waals surface area contributed by atoms with Crippen molar-refractivity contribution in [1.29, 1.82) is 0 Å². The standard InChI is InChI=1S/C24H35N3O4S/c28-23(27(21-8-4-3-5-9-21)22-12-17-32(30,31)19-22)18-25-15-10-20(11-16-25)24(29)26-13-6-1-2-7-14-26/h3-5,8-9,20,22H,1-2,6-7,10-19H2. The smallest absolute Gasteiger partial charge is 0.241 e. The molecule has 0 N–H and O–H groups in total. The van der Waals surface area contributed by atoms with Crippen LogP contribution in [0, 0.1) is 5.92 Å². The monoisotopic (exact) mass is 461 g/mol. The van der Waals surface area contributed by atoms with Gasteiger partial charge in [0.2, 0.25) is 11.8 Å². The second-order valence-electron chi connectivity index (χ2n) is 9.45. The third kappa shape index (κ3) is 5.70. The summed E-state index contributed by atoms with van der Waals surface area (Å²) in [4.78, 5) is 32.1. The van der Waals surface area contributed by atoms with Gasteiger partial charge < -0.3 is 9.80 Å². The summed E-state index contributed by atoms with van der Waals surface area (Å²) < 4.78 is 24.1. The van der Waals surface area contributed by atoms with Crippen LogP contribution in [0.3, 0.4) is 0 Å². The van der Waals surface area contributed by atoms with Crippen LogP contribution in [-0.4, -0.2) is 80.3 Å². The number of benzene rings is 1. The topological polar surface area (TPSA) is 78.0 Å². The Morgan fingerprint density at radius 2 is 1.56 bits per heavy atom. The lowest BCUT2D eigenvalue weighted by molar-refractivity contribution is -0.137. The SMILES string of the molecule is O=C(C1CCN(CC(=O)N(c2ccccc2)C2CCS(=O)(=O)C2)CC1)N1CCCCCC1. The van der Waals surface area contributed by atoms with Gasteiger partial charge in [-0.25, -0.2) is 8.42 Å². The average Bonchev–Trinajstić information content (AvgIpc) is 2.98. The molecular formula is C24H35N3O4S. The highest BCUT2D eigenvalue weighted by Gasteiger charge is 2.36. The summed E-state index contributed by atoms with van der Waals surface area (Å²) in [5.41, 5.74) is 0.755. The normalized spacial score (nSPS) is 24.8. The van der Waals surface area contributed by atoms with E-state index in [1.54, 1.807) is 4.90 Å². The van der Waals surface area contributed by atoms with Gasteiger partial charge in [-0.05, 0) is 57.3 Å². The van der Waals surface area contributed by atoms with E-state index in [9.17, 15) is 18.0 Å². The molecule has 7 nitrogen and oxygen atoms in total. The largest absolute Gasteiger partial charge is 0.342 e. The molecule has 3 aliphatic rings. The van der Waals surface area contributed by atoms with Crippen molar-refractivity contribution >= 4 is 27.3 Å². The van der Waals surface area contributed by atoms with E-state index in [1.807, 2.05) is 30.3 Å². The van der Waals surface area contributed by atoms with E-state index >= 15 is 0 Å². The summed E-state index contributed by atoms with van der Waals surface area (Å²) >= 11 is 0. The molecule has 0 aliphatic carbocycles. The number of para-hydroxylation sites is 1. The summed E-state index contributed by atoms with van der Waals surface area (Å²) in [6.45, 7) is 3.47. The molecule has 3 aliphatic heterocycles. The lowest BCUT2D eigenvalue weighted by Gasteiger charge is -2.35. The van der Waals surface area contributed by atoms with Gasteiger partial charge in [-0.2, -0.15) is 0 Å². The highest BCUT2D eigenvalue weighted by molar-refractivity contribution is 7.91. The van der Waals surface area contributed by atoms with Crippen molar-refractivity contribution in [3.63, 3.8) is 0 Å². The maximum absolute atomic E-state index is 13.3. The highest BCUT2D eigenvalue weighted by Crippen LogP contribution is 2.26. The minimum Gasteiger partial charge on any atom is -0.342 e. The van der Waals surface area contributed by atoms with Crippen LogP contribution < -0.4 is 4.90 Å². The number of carbonyl (C=O) groups excluding carboxylic acids is 2. The van der Waals surface area contributed by atoms with Gasteiger partial charge in [-0.1, -0.05) is 31.0 Å². The number of piperidine rings is 1. The molecule has 0 bridgehead atoms. The van der Waals surface area contributed by atoms with Gasteiger partial charge in [0.25, 0.3) is 0 Å². The first kappa shape index (κ1) is 23.2. The van der Waals surface area contributed by atoms with E-state index in [0.717, 1.165) is 57.5 Å². The number of carbonyl (C=O) groups is 2. The molecule has 176 valence electrons. The molecule has 3 saturated heterocycles. The predicted octanol–water partition coefficient (Wildman–Crippen LogP) is 2.32. The van der Waals surface area contributed by atoms with Crippen molar-refractivity contribution < 1.29 is 18.0 Å². The summed E-state index contributed by atoms with van der Waals surface area (Å²) in [6.07, 6.45) is 6.68. The fourth-order valence-corrected chi connectivity index (χ4v) is 6.98. The molecule has 0 radical (unpaired) electrons. The number of likely N-dealkylation sites (tertiary alicyclic amines) is 2. The van der Waals surface area contributed by atoms with Crippen LogP contribution in [0.25, 0.3) is 0 Å². The van der Waals surface area contributed by atoms with Gasteiger partial charge >= 0.3 is 0 Å². The molecule has 3 heterocycles. The number of amides is 2. The maximum Gasteiger partial charge on any atom is 0.241 e. The Balaban J connectivity index is 1.35. The van der Waals surface area contributed by atoms with Crippen molar-refractivity contribution in [3.8, 4) is 0 Å². The maximum atomic E-state index is 13.3. The average molecular weight is 462 g/mol. The molecule has 3 fully saturated rings. The van der Waals surface area contributed by atoms with Crippen molar-refractivity contribution in [2.24, 2.45) is 5.92 Å². The van der Waals surface area contributed by atoms with Crippen molar-refractivity contribution in [2.75, 3.05) is 49.1 Å². The Labute approximate surface area is 191 Å². The molecule has 2 amide bonds. The molecular weight excluding hydrogens is 426 g/mol. The van der Waals surface area contributed by atoms with Gasteiger partial charge in [0.05, 0.1) is 24.1 Å². The van der Waals surface area contributed by atoms with Gasteiger partial charge in [-0.15, -0.1) is 0 Å². The Kier molecular flexibility index (Phi) is 7.51. The molecule has 8 heteroatoms. The van der Waals surface area contributed by atoms with E-state index in [-0.39, 0.29) is 35.9 Å². The van der Waals surface area contributed by atoms with E-state index in [4.69, 9.17) is 0 Å². The van der Waals surface area contributed by atoms with Crippen LogP contribution in [0.4, 0.5) is 5.69 Å². The quantitative estimate of drug-likeness (QED) is 0.673. The summed E-state index contributed by atoms with van der Waals surface area (Å²) in [5.74, 6) is 0.457. The summed E-state index contributed by atoms with van der Waals surface area (Å²) in [5, 5.41) is 0. The second kappa shape index (κ2) is 10.3. The first-order valence-corrected chi connectivity index (χ1v) is 13.8. The van der Waals surface area contributed by atoms with Crippen LogP contribution in [0.1, 0.15) is 44.9 Å². The molecule has 1 aromatic carbocycles. The number of hydrogen-bond acceptors (Lipinski definition) is 5. The predicted molar refractivity (Wildman–Crippen MR) is 125 cm³/mol. The summed E-state index contributed by atoms with van der Waals surface area (Å²) in [6, 6.07) is 9.07. The molecule has 0 spiro atoms. The Morgan fingerprint density at radius 1 is 0.906 bits per heavy atom. The molecule has 0 saturated carbocycles. The molecule has 4 rings (SSSR count). The zero-order chi connectivity index (χ0) is 22.6. The molecule has 0 aromatic heterocycles.